The second-order valence-electron chi connectivity index (χ2n) is 4.55. The molecule has 0 spiro atoms. The van der Waals surface area contributed by atoms with Crippen LogP contribution in [0, 0.1) is 6.92 Å². The Morgan fingerprint density at radius 2 is 1.89 bits per heavy atom. The number of nitrogens with one attached hydrogen (secondary N) is 1. The Hall–Kier alpha value is -1.67. The molecule has 0 radical (unpaired) electrons. The predicted molar refractivity (Wildman–Crippen MR) is 75.5 cm³/mol. The maximum Gasteiger partial charge on any atom is 0.0576 e. The van der Waals surface area contributed by atoms with E-state index in [1.54, 1.807) is 0 Å². The summed E-state index contributed by atoms with van der Waals surface area (Å²) in [5.74, 6) is 0. The fourth-order valence-corrected chi connectivity index (χ4v) is 2.07. The summed E-state index contributed by atoms with van der Waals surface area (Å²) in [5.41, 5.74) is 3.76. The molecule has 1 unspecified atom stereocenters. The molecule has 0 aliphatic rings. The fourth-order valence-electron chi connectivity index (χ4n) is 2.07. The minimum atomic E-state index is 0.291. The zero-order valence-corrected chi connectivity index (χ0v) is 11.1. The molecule has 0 amide bonds. The summed E-state index contributed by atoms with van der Waals surface area (Å²) in [5, 5.41) is 3.50. The van der Waals surface area contributed by atoms with E-state index < -0.39 is 0 Å². The highest BCUT2D eigenvalue weighted by Gasteiger charge is 2.11. The molecule has 1 atom stereocenters. The van der Waals surface area contributed by atoms with Crippen LogP contribution in [0.2, 0.25) is 0 Å². The molecular weight excluding hydrogens is 220 g/mol. The van der Waals surface area contributed by atoms with E-state index in [1.807, 2.05) is 18.3 Å². The monoisotopic (exact) mass is 240 g/mol. The van der Waals surface area contributed by atoms with Crippen LogP contribution in [-0.2, 0) is 6.42 Å². The number of likely N-dealkylation sites (N-methyl/N-ethyl adjacent to an activating group) is 1. The third kappa shape index (κ3) is 3.41. The van der Waals surface area contributed by atoms with Gasteiger partial charge in [0.15, 0.2) is 0 Å². The Bertz CT molecular complexity index is 462. The van der Waals surface area contributed by atoms with E-state index in [2.05, 4.69) is 54.5 Å². The first-order valence-corrected chi connectivity index (χ1v) is 6.49. The van der Waals surface area contributed by atoms with Gasteiger partial charge in [0.25, 0.3) is 0 Å². The van der Waals surface area contributed by atoms with Crippen LogP contribution >= 0.6 is 0 Å². The smallest absolute Gasteiger partial charge is 0.0576 e. The summed E-state index contributed by atoms with van der Waals surface area (Å²) in [7, 11) is 0. The first kappa shape index (κ1) is 12.8. The molecular formula is C16H20N2. The van der Waals surface area contributed by atoms with Crippen molar-refractivity contribution in [3.05, 3.63) is 65.5 Å². The summed E-state index contributed by atoms with van der Waals surface area (Å²) in [6, 6.07) is 15.1. The largest absolute Gasteiger partial charge is 0.309 e. The summed E-state index contributed by atoms with van der Waals surface area (Å²) >= 11 is 0. The zero-order valence-electron chi connectivity index (χ0n) is 11.1. The van der Waals surface area contributed by atoms with Crippen LogP contribution in [0.1, 0.15) is 29.8 Å². The lowest BCUT2D eigenvalue weighted by Gasteiger charge is -2.17. The number of hydrogen-bond acceptors (Lipinski definition) is 2. The molecule has 2 heteroatoms. The van der Waals surface area contributed by atoms with E-state index in [1.165, 1.54) is 11.1 Å². The van der Waals surface area contributed by atoms with E-state index in [-0.39, 0.29) is 0 Å². The Morgan fingerprint density at radius 3 is 2.50 bits per heavy atom. The molecule has 0 fully saturated rings. The Kier molecular flexibility index (Phi) is 4.48. The van der Waals surface area contributed by atoms with Crippen LogP contribution in [-0.4, -0.2) is 11.5 Å². The first-order valence-electron chi connectivity index (χ1n) is 6.49. The lowest BCUT2D eigenvalue weighted by molar-refractivity contribution is 0.537. The van der Waals surface area contributed by atoms with E-state index in [4.69, 9.17) is 0 Å². The molecule has 94 valence electrons. The van der Waals surface area contributed by atoms with E-state index in [0.29, 0.717) is 6.04 Å². The van der Waals surface area contributed by atoms with Gasteiger partial charge < -0.3 is 5.32 Å². The molecule has 0 saturated heterocycles. The maximum absolute atomic E-state index is 4.45. The Labute approximate surface area is 109 Å². The van der Waals surface area contributed by atoms with Gasteiger partial charge in [0.2, 0.25) is 0 Å². The lowest BCUT2D eigenvalue weighted by Crippen LogP contribution is -2.23. The minimum Gasteiger partial charge on any atom is -0.309 e. The van der Waals surface area contributed by atoms with Crippen LogP contribution in [0.15, 0.2) is 48.7 Å². The van der Waals surface area contributed by atoms with E-state index in [0.717, 1.165) is 18.7 Å². The van der Waals surface area contributed by atoms with Crippen molar-refractivity contribution in [2.75, 3.05) is 6.54 Å². The number of pyridine rings is 1. The third-order valence-corrected chi connectivity index (χ3v) is 3.06. The van der Waals surface area contributed by atoms with Crippen molar-refractivity contribution >= 4 is 0 Å². The predicted octanol–water partition coefficient (Wildman–Crippen LogP) is 3.28. The maximum atomic E-state index is 4.45. The Balaban J connectivity index is 2.14. The molecule has 0 aliphatic carbocycles. The summed E-state index contributed by atoms with van der Waals surface area (Å²) < 4.78 is 0. The zero-order chi connectivity index (χ0) is 12.8. The van der Waals surface area contributed by atoms with Crippen LogP contribution in [0.4, 0.5) is 0 Å². The molecule has 0 saturated carbocycles. The van der Waals surface area contributed by atoms with Crippen molar-refractivity contribution < 1.29 is 0 Å². The van der Waals surface area contributed by atoms with Gasteiger partial charge in [-0.25, -0.2) is 0 Å². The van der Waals surface area contributed by atoms with Gasteiger partial charge in [-0.05, 0) is 37.6 Å². The highest BCUT2D eigenvalue weighted by molar-refractivity contribution is 5.23. The number of aromatic nitrogens is 1. The average Bonchev–Trinajstić information content (AvgIpc) is 2.42. The number of benzene rings is 1. The molecule has 2 aromatic rings. The molecule has 0 bridgehead atoms. The standard InChI is InChI=1S/C16H20N2/c1-3-17-16(15-6-4-5-11-18-15)12-14-9-7-13(2)8-10-14/h4-11,16-17H,3,12H2,1-2H3. The van der Waals surface area contributed by atoms with Gasteiger partial charge in [-0.2, -0.15) is 0 Å². The van der Waals surface area contributed by atoms with E-state index >= 15 is 0 Å². The van der Waals surface area contributed by atoms with Crippen molar-refractivity contribution in [2.24, 2.45) is 0 Å². The molecule has 18 heavy (non-hydrogen) atoms. The van der Waals surface area contributed by atoms with Gasteiger partial charge in [0.05, 0.1) is 11.7 Å². The number of hydrogen-bond donors (Lipinski definition) is 1. The molecule has 1 N–H and O–H groups in total. The normalized spacial score (nSPS) is 12.3. The number of nitrogens with zero attached hydrogens (tertiary/aromatic N) is 1. The average molecular weight is 240 g/mol. The quantitative estimate of drug-likeness (QED) is 0.867. The minimum absolute atomic E-state index is 0.291. The van der Waals surface area contributed by atoms with Crippen LogP contribution in [0.5, 0.6) is 0 Å². The van der Waals surface area contributed by atoms with Crippen molar-refractivity contribution in [2.45, 2.75) is 26.3 Å². The summed E-state index contributed by atoms with van der Waals surface area (Å²) in [6.07, 6.45) is 2.83. The summed E-state index contributed by atoms with van der Waals surface area (Å²) in [6.45, 7) is 5.20. The van der Waals surface area contributed by atoms with Crippen molar-refractivity contribution in [3.63, 3.8) is 0 Å². The molecule has 1 heterocycles. The van der Waals surface area contributed by atoms with Gasteiger partial charge in [-0.3, -0.25) is 4.98 Å². The van der Waals surface area contributed by atoms with Gasteiger partial charge in [0.1, 0.15) is 0 Å². The topological polar surface area (TPSA) is 24.9 Å². The third-order valence-electron chi connectivity index (χ3n) is 3.06. The number of rotatable bonds is 5. The second kappa shape index (κ2) is 6.31. The van der Waals surface area contributed by atoms with E-state index in [9.17, 15) is 0 Å². The van der Waals surface area contributed by atoms with Crippen molar-refractivity contribution in [1.82, 2.24) is 10.3 Å². The van der Waals surface area contributed by atoms with Crippen LogP contribution in [0.3, 0.4) is 0 Å². The highest BCUT2D eigenvalue weighted by atomic mass is 14.9. The van der Waals surface area contributed by atoms with Crippen LogP contribution in [0.25, 0.3) is 0 Å². The van der Waals surface area contributed by atoms with Gasteiger partial charge >= 0.3 is 0 Å². The van der Waals surface area contributed by atoms with Crippen molar-refractivity contribution in [1.29, 1.82) is 0 Å². The number of aryl methyl sites for hydroxylation is 1. The van der Waals surface area contributed by atoms with Crippen molar-refractivity contribution in [3.8, 4) is 0 Å². The molecule has 0 aliphatic heterocycles. The molecule has 1 aromatic heterocycles. The van der Waals surface area contributed by atoms with Crippen LogP contribution < -0.4 is 5.32 Å². The SMILES string of the molecule is CCNC(Cc1ccc(C)cc1)c1ccccn1. The second-order valence-corrected chi connectivity index (χ2v) is 4.55. The molecule has 2 rings (SSSR count). The van der Waals surface area contributed by atoms with Gasteiger partial charge in [-0.1, -0.05) is 42.8 Å². The van der Waals surface area contributed by atoms with Gasteiger partial charge in [-0.15, -0.1) is 0 Å². The summed E-state index contributed by atoms with van der Waals surface area (Å²) in [4.78, 5) is 4.45. The first-order chi connectivity index (χ1) is 8.79. The Morgan fingerprint density at radius 1 is 1.11 bits per heavy atom. The molecule has 1 aromatic carbocycles. The highest BCUT2D eigenvalue weighted by Crippen LogP contribution is 2.16. The lowest BCUT2D eigenvalue weighted by atomic mass is 10.0. The molecule has 2 nitrogen and oxygen atoms in total. The van der Waals surface area contributed by atoms with Gasteiger partial charge in [0, 0.05) is 6.20 Å². The fraction of sp³-hybridized carbons (Fsp3) is 0.312.